The Hall–Kier alpha value is -1.29. The van der Waals surface area contributed by atoms with E-state index in [9.17, 15) is 9.90 Å². The Morgan fingerprint density at radius 2 is 1.54 bits per heavy atom. The summed E-state index contributed by atoms with van der Waals surface area (Å²) in [6.45, 7) is 11.7. The average Bonchev–Trinajstić information content (AvgIpc) is 3.79. The molecule has 0 saturated carbocycles. The van der Waals surface area contributed by atoms with Crippen LogP contribution >= 0.6 is 0 Å². The number of carbonyl (C=O) groups is 1. The highest BCUT2D eigenvalue weighted by Crippen LogP contribution is 2.54. The number of fused-ring (bicyclic) bond motifs is 6. The summed E-state index contributed by atoms with van der Waals surface area (Å²) in [4.78, 5) is 16.1. The van der Waals surface area contributed by atoms with E-state index in [0.29, 0.717) is 45.1 Å². The molecule has 10 heterocycles. The lowest BCUT2D eigenvalue weighted by Crippen LogP contribution is -2.61. The molecule has 10 aliphatic rings. The predicted octanol–water partition coefficient (Wildman–Crippen LogP) is 4.04. The molecule has 302 valence electrons. The molecule has 0 aromatic rings. The summed E-state index contributed by atoms with van der Waals surface area (Å²) >= 11 is 0. The number of rotatable bonds is 5. The van der Waals surface area contributed by atoms with E-state index in [1.165, 1.54) is 0 Å². The van der Waals surface area contributed by atoms with Gasteiger partial charge in [-0.25, -0.2) is 0 Å². The van der Waals surface area contributed by atoms with Crippen molar-refractivity contribution in [2.45, 2.75) is 194 Å². The first-order chi connectivity index (χ1) is 26.0. The highest BCUT2D eigenvalue weighted by Gasteiger charge is 2.68. The summed E-state index contributed by atoms with van der Waals surface area (Å²) in [5.74, 6) is -0.571. The van der Waals surface area contributed by atoms with Gasteiger partial charge in [-0.15, -0.1) is 0 Å². The van der Waals surface area contributed by atoms with Crippen LogP contribution in [-0.2, 0) is 47.4 Å². The molecule has 12 heteroatoms. The van der Waals surface area contributed by atoms with Crippen LogP contribution in [0.2, 0.25) is 0 Å². The van der Waals surface area contributed by atoms with Gasteiger partial charge in [-0.1, -0.05) is 20.1 Å². The number of methoxy groups -OCH3 is 1. The third kappa shape index (κ3) is 7.22. The summed E-state index contributed by atoms with van der Waals surface area (Å²) in [5.41, 5.74) is 2.22. The Bertz CT molecular complexity index is 1430. The Kier molecular flexibility index (Phi) is 10.7. The number of ketones is 1. The maximum absolute atomic E-state index is 14.2. The predicted molar refractivity (Wildman–Crippen MR) is 196 cm³/mol. The lowest BCUT2D eigenvalue weighted by Gasteiger charge is -2.47. The summed E-state index contributed by atoms with van der Waals surface area (Å²) in [7, 11) is 5.58. The van der Waals surface area contributed by atoms with Gasteiger partial charge in [-0.2, -0.15) is 0 Å². The minimum absolute atomic E-state index is 0.0115. The quantitative estimate of drug-likeness (QED) is 0.408. The number of likely N-dealkylation sites (N-methyl/N-ethyl adjacent to an activating group) is 1. The second-order valence-corrected chi connectivity index (χ2v) is 18.5. The van der Waals surface area contributed by atoms with Gasteiger partial charge in [0.05, 0.1) is 67.1 Å². The zero-order valence-corrected chi connectivity index (χ0v) is 32.7. The van der Waals surface area contributed by atoms with Gasteiger partial charge < -0.3 is 52.6 Å². The molecule has 10 saturated heterocycles. The summed E-state index contributed by atoms with van der Waals surface area (Å²) in [6, 6.07) is 0. The molecule has 0 aromatic heterocycles. The van der Waals surface area contributed by atoms with Gasteiger partial charge in [0, 0.05) is 58.1 Å². The van der Waals surface area contributed by atoms with Crippen molar-refractivity contribution in [2.24, 2.45) is 11.8 Å². The molecule has 10 rings (SSSR count). The van der Waals surface area contributed by atoms with Crippen molar-refractivity contribution in [3.05, 3.63) is 24.3 Å². The molecular weight excluding hydrogens is 694 g/mol. The molecule has 1 spiro atoms. The number of aliphatic hydroxyl groups excluding tert-OH is 1. The van der Waals surface area contributed by atoms with Crippen LogP contribution in [0.5, 0.6) is 0 Å². The molecule has 0 amide bonds. The van der Waals surface area contributed by atoms with E-state index in [2.05, 4.69) is 20.1 Å². The van der Waals surface area contributed by atoms with Gasteiger partial charge in [-0.05, 0) is 76.1 Å². The van der Waals surface area contributed by atoms with Crippen molar-refractivity contribution in [2.75, 3.05) is 27.7 Å². The zero-order valence-electron chi connectivity index (χ0n) is 32.7. The first-order valence-corrected chi connectivity index (χ1v) is 21.0. The van der Waals surface area contributed by atoms with Gasteiger partial charge in [0.25, 0.3) is 0 Å². The molecule has 54 heavy (non-hydrogen) atoms. The number of Topliss-reactive ketones (excluding diaryl/α,β-unsaturated/α-hetero) is 1. The van der Waals surface area contributed by atoms with Gasteiger partial charge in [0.1, 0.15) is 36.3 Å². The third-order valence-electron chi connectivity index (χ3n) is 14.3. The van der Waals surface area contributed by atoms with Crippen LogP contribution < -0.4 is 0 Å². The Morgan fingerprint density at radius 1 is 0.796 bits per heavy atom. The van der Waals surface area contributed by atoms with Gasteiger partial charge in [-0.3, -0.25) is 4.79 Å². The van der Waals surface area contributed by atoms with E-state index in [-0.39, 0.29) is 109 Å². The molecular formula is C42H63NO11. The van der Waals surface area contributed by atoms with E-state index in [4.69, 9.17) is 42.6 Å². The number of ether oxygens (including phenoxy) is 9. The minimum atomic E-state index is -0.777. The minimum Gasteiger partial charge on any atom is -0.392 e. The normalized spacial score (nSPS) is 51.0. The van der Waals surface area contributed by atoms with Crippen molar-refractivity contribution < 1.29 is 52.5 Å². The van der Waals surface area contributed by atoms with Crippen molar-refractivity contribution in [1.82, 2.24) is 4.90 Å². The standard InChI is InChI=1S/C42H63NO11/c1-21-13-26-7-9-30-22(2)14-28(47-30)11-12-42-19-35-38(53-42)39-40(52-35)41(54-42)37-31(51-39)10-8-27(49-37)15-24(44)16-29-33(18-32(48-26)23(21)3)50-34(36(29)46-6)17-25(45)20-43(4)5/h21,25-41,45H,2-3,7-20H2,1,4-6H3/t21-,25+,26+,27-,28+,29+,30+,31+,32-,33+,34-,35-,36-,37+,38+,39?,40-,41+,42+/m1/s1. The highest BCUT2D eigenvalue weighted by molar-refractivity contribution is 5.79. The van der Waals surface area contributed by atoms with Crippen molar-refractivity contribution in [3.63, 3.8) is 0 Å². The molecule has 0 aliphatic carbocycles. The molecule has 19 atom stereocenters. The van der Waals surface area contributed by atoms with Crippen LogP contribution in [0.25, 0.3) is 0 Å². The van der Waals surface area contributed by atoms with E-state index in [1.54, 1.807) is 7.11 Å². The molecule has 12 nitrogen and oxygen atoms in total. The lowest BCUT2D eigenvalue weighted by atomic mass is 9.81. The smallest absolute Gasteiger partial charge is 0.172 e. The van der Waals surface area contributed by atoms with Crippen molar-refractivity contribution >= 4 is 5.78 Å². The Morgan fingerprint density at radius 3 is 2.35 bits per heavy atom. The highest BCUT2D eigenvalue weighted by atomic mass is 16.8. The summed E-state index contributed by atoms with van der Waals surface area (Å²) < 4.78 is 60.4. The number of hydrogen-bond donors (Lipinski definition) is 1. The van der Waals surface area contributed by atoms with Crippen LogP contribution in [0.3, 0.4) is 0 Å². The van der Waals surface area contributed by atoms with E-state index >= 15 is 0 Å². The van der Waals surface area contributed by atoms with Gasteiger partial charge in [0.15, 0.2) is 5.79 Å². The van der Waals surface area contributed by atoms with Crippen LogP contribution in [0, 0.1) is 11.8 Å². The molecule has 10 fully saturated rings. The molecule has 0 aromatic carbocycles. The maximum atomic E-state index is 14.2. The maximum Gasteiger partial charge on any atom is 0.172 e. The molecule has 12 bridgehead atoms. The van der Waals surface area contributed by atoms with Crippen LogP contribution in [0.15, 0.2) is 24.3 Å². The van der Waals surface area contributed by atoms with Crippen molar-refractivity contribution in [1.29, 1.82) is 0 Å². The van der Waals surface area contributed by atoms with E-state index < -0.39 is 11.9 Å². The largest absolute Gasteiger partial charge is 0.392 e. The fourth-order valence-electron chi connectivity index (χ4n) is 11.7. The summed E-state index contributed by atoms with van der Waals surface area (Å²) in [6.07, 6.45) is 5.33. The fourth-order valence-corrected chi connectivity index (χ4v) is 11.7. The topological polar surface area (TPSA) is 124 Å². The zero-order chi connectivity index (χ0) is 37.5. The first kappa shape index (κ1) is 38.2. The molecule has 1 unspecified atom stereocenters. The second kappa shape index (κ2) is 15.1. The molecule has 10 aliphatic heterocycles. The first-order valence-electron chi connectivity index (χ1n) is 21.0. The number of carbonyl (C=O) groups excluding carboxylic acids is 1. The monoisotopic (exact) mass is 757 g/mol. The molecule has 0 radical (unpaired) electrons. The lowest BCUT2D eigenvalue weighted by molar-refractivity contribution is -0.292. The van der Waals surface area contributed by atoms with Crippen molar-refractivity contribution in [3.8, 4) is 0 Å². The Labute approximate surface area is 320 Å². The van der Waals surface area contributed by atoms with Crippen LogP contribution in [-0.4, -0.2) is 147 Å². The third-order valence-corrected chi connectivity index (χ3v) is 14.3. The second-order valence-electron chi connectivity index (χ2n) is 18.5. The van der Waals surface area contributed by atoms with Crippen LogP contribution in [0.1, 0.15) is 90.4 Å². The van der Waals surface area contributed by atoms with E-state index in [1.807, 2.05) is 19.0 Å². The average molecular weight is 758 g/mol. The number of nitrogens with zero attached hydrogens (tertiary/aromatic N) is 1. The molecule has 1 N–H and O–H groups in total. The Balaban J connectivity index is 0.987. The number of hydrogen-bond acceptors (Lipinski definition) is 12. The van der Waals surface area contributed by atoms with Crippen LogP contribution in [0.4, 0.5) is 0 Å². The number of aliphatic hydroxyl groups is 1. The van der Waals surface area contributed by atoms with Gasteiger partial charge in [0.2, 0.25) is 0 Å². The SMILES string of the molecule is C=C1C[C@@H]2CC[C@@]34C[C@H]5O[C@@H]6C(O[C@H]7CC[C@H](CC(=O)C[C@@H]8[C@@H](OC)[C@@H](C[C@H](O)CN(C)C)O[C@H]8C[C@H]8O[C@@H](CC[C@@H]1O2)C[C@@H](C)C8=C)O[C@@H]7[C@@H]6O3)[C@H]5O4. The summed E-state index contributed by atoms with van der Waals surface area (Å²) in [5, 5.41) is 11.0. The fraction of sp³-hybridized carbons (Fsp3) is 0.881. The van der Waals surface area contributed by atoms with Gasteiger partial charge >= 0.3 is 0 Å². The van der Waals surface area contributed by atoms with E-state index in [0.717, 1.165) is 56.1 Å².